The summed E-state index contributed by atoms with van der Waals surface area (Å²) in [6.45, 7) is 4.46. The van der Waals surface area contributed by atoms with E-state index in [2.05, 4.69) is 4.90 Å². The second kappa shape index (κ2) is 13.6. The number of rotatable bonds is 10. The SMILES string of the molecule is C/C=C\C1N=C(c2ccccc2)C(CCCCC(=O)O)=NC1/C=C/C(=O)N1CCN(c2ccc(F)cc2)CC1. The average molecular weight is 531 g/mol. The van der Waals surface area contributed by atoms with Crippen molar-refractivity contribution in [3.8, 4) is 0 Å². The van der Waals surface area contributed by atoms with Crippen molar-refractivity contribution in [3.05, 3.63) is 90.3 Å². The number of halogens is 1. The van der Waals surface area contributed by atoms with Crippen LogP contribution in [0, 0.1) is 5.82 Å². The first-order chi connectivity index (χ1) is 18.9. The van der Waals surface area contributed by atoms with Crippen molar-refractivity contribution < 1.29 is 19.1 Å². The zero-order chi connectivity index (χ0) is 27.6. The van der Waals surface area contributed by atoms with E-state index in [-0.39, 0.29) is 30.2 Å². The molecule has 0 radical (unpaired) electrons. The van der Waals surface area contributed by atoms with Gasteiger partial charge in [0.1, 0.15) is 5.82 Å². The number of benzene rings is 2. The Morgan fingerprint density at radius 2 is 1.64 bits per heavy atom. The molecular formula is C31H35FN4O3. The standard InChI is InChI=1S/C31H35FN4O3/c1-2-8-26-27(17-18-29(37)36-21-19-35(20-22-36)25-15-13-24(32)14-16-25)33-28(11-6-7-12-30(38)39)31(34-26)23-9-4-3-5-10-23/h2-5,8-10,13-18,26-27H,6-7,11-12,19-22H2,1H3,(H,38,39)/b8-2-,18-17+. The van der Waals surface area contributed by atoms with Crippen LogP contribution in [0.5, 0.6) is 0 Å². The van der Waals surface area contributed by atoms with Gasteiger partial charge >= 0.3 is 5.97 Å². The molecule has 39 heavy (non-hydrogen) atoms. The van der Waals surface area contributed by atoms with Gasteiger partial charge in [0.05, 0.1) is 23.5 Å². The van der Waals surface area contributed by atoms with Gasteiger partial charge in [-0.05, 0) is 50.5 Å². The molecule has 2 aliphatic heterocycles. The highest BCUT2D eigenvalue weighted by Gasteiger charge is 2.26. The molecule has 0 spiro atoms. The largest absolute Gasteiger partial charge is 0.481 e. The Morgan fingerprint density at radius 1 is 0.949 bits per heavy atom. The second-order valence-corrected chi connectivity index (χ2v) is 9.68. The number of carboxylic acids is 1. The van der Waals surface area contributed by atoms with Crippen molar-refractivity contribution in [1.82, 2.24) is 4.90 Å². The predicted octanol–water partition coefficient (Wildman–Crippen LogP) is 4.93. The monoisotopic (exact) mass is 530 g/mol. The summed E-state index contributed by atoms with van der Waals surface area (Å²) in [5.74, 6) is -1.13. The molecule has 1 amide bonds. The van der Waals surface area contributed by atoms with Crippen LogP contribution in [0.25, 0.3) is 0 Å². The van der Waals surface area contributed by atoms with Crippen molar-refractivity contribution in [3.63, 3.8) is 0 Å². The molecule has 204 valence electrons. The first-order valence-electron chi connectivity index (χ1n) is 13.5. The Hall–Kier alpha value is -4.07. The summed E-state index contributed by atoms with van der Waals surface area (Å²) < 4.78 is 13.3. The molecule has 0 aromatic heterocycles. The highest BCUT2D eigenvalue weighted by Crippen LogP contribution is 2.21. The Labute approximate surface area is 229 Å². The lowest BCUT2D eigenvalue weighted by Crippen LogP contribution is -2.48. The number of hydrogen-bond acceptors (Lipinski definition) is 5. The molecule has 4 rings (SSSR count). The van der Waals surface area contributed by atoms with Crippen LogP contribution in [-0.2, 0) is 9.59 Å². The first kappa shape index (κ1) is 28.0. The van der Waals surface area contributed by atoms with E-state index in [4.69, 9.17) is 15.1 Å². The van der Waals surface area contributed by atoms with Gasteiger partial charge < -0.3 is 14.9 Å². The van der Waals surface area contributed by atoms with Gasteiger partial charge in [-0.2, -0.15) is 0 Å². The number of nitrogens with zero attached hydrogens (tertiary/aromatic N) is 4. The Balaban J connectivity index is 1.46. The molecule has 0 saturated carbocycles. The van der Waals surface area contributed by atoms with Gasteiger partial charge in [-0.15, -0.1) is 0 Å². The van der Waals surface area contributed by atoms with Crippen LogP contribution in [0.1, 0.15) is 38.2 Å². The van der Waals surface area contributed by atoms with Crippen LogP contribution >= 0.6 is 0 Å². The van der Waals surface area contributed by atoms with Crippen LogP contribution in [0.4, 0.5) is 10.1 Å². The van der Waals surface area contributed by atoms with Gasteiger partial charge in [0.2, 0.25) is 5.91 Å². The van der Waals surface area contributed by atoms with E-state index >= 15 is 0 Å². The third kappa shape index (κ3) is 7.72. The number of carbonyl (C=O) groups is 2. The minimum atomic E-state index is -0.802. The van der Waals surface area contributed by atoms with Crippen LogP contribution in [-0.4, -0.2) is 71.6 Å². The summed E-state index contributed by atoms with van der Waals surface area (Å²) in [4.78, 5) is 38.0. The fraction of sp³-hybridized carbons (Fsp3) is 0.355. The fourth-order valence-corrected chi connectivity index (χ4v) is 4.84. The molecule has 2 unspecified atom stereocenters. The van der Waals surface area contributed by atoms with Gasteiger partial charge in [-0.1, -0.05) is 48.6 Å². The van der Waals surface area contributed by atoms with E-state index in [9.17, 15) is 14.0 Å². The third-order valence-electron chi connectivity index (χ3n) is 6.92. The van der Waals surface area contributed by atoms with Crippen molar-refractivity contribution in [1.29, 1.82) is 0 Å². The highest BCUT2D eigenvalue weighted by molar-refractivity contribution is 6.48. The molecule has 2 aromatic rings. The molecule has 1 saturated heterocycles. The van der Waals surface area contributed by atoms with Crippen molar-refractivity contribution in [2.45, 2.75) is 44.7 Å². The quantitative estimate of drug-likeness (QED) is 0.268. The van der Waals surface area contributed by atoms with Crippen molar-refractivity contribution >= 4 is 29.0 Å². The number of carboxylic acid groups (broad SMARTS) is 1. The van der Waals surface area contributed by atoms with Crippen LogP contribution in [0.15, 0.2) is 88.9 Å². The zero-order valence-corrected chi connectivity index (χ0v) is 22.2. The van der Waals surface area contributed by atoms with E-state index in [1.54, 1.807) is 18.2 Å². The predicted molar refractivity (Wildman–Crippen MR) is 153 cm³/mol. The smallest absolute Gasteiger partial charge is 0.303 e. The molecule has 1 fully saturated rings. The zero-order valence-electron chi connectivity index (χ0n) is 22.2. The summed E-state index contributed by atoms with van der Waals surface area (Å²) in [5, 5.41) is 9.01. The van der Waals surface area contributed by atoms with E-state index in [0.717, 1.165) is 22.7 Å². The minimum absolute atomic E-state index is 0.0657. The average Bonchev–Trinajstić information content (AvgIpc) is 2.95. The summed E-state index contributed by atoms with van der Waals surface area (Å²) in [6, 6.07) is 15.7. The summed E-state index contributed by atoms with van der Waals surface area (Å²) in [6.07, 6.45) is 9.38. The van der Waals surface area contributed by atoms with E-state index in [0.29, 0.717) is 45.4 Å². The molecule has 7 nitrogen and oxygen atoms in total. The van der Waals surface area contributed by atoms with Crippen molar-refractivity contribution in [2.75, 3.05) is 31.1 Å². The van der Waals surface area contributed by atoms with E-state index in [1.165, 1.54) is 12.1 Å². The number of hydrogen-bond donors (Lipinski definition) is 1. The number of anilines is 1. The summed E-state index contributed by atoms with van der Waals surface area (Å²) in [5.41, 5.74) is 3.58. The Bertz CT molecular complexity index is 1250. The molecular weight excluding hydrogens is 495 g/mol. The lowest BCUT2D eigenvalue weighted by atomic mass is 9.96. The molecule has 2 aliphatic rings. The lowest BCUT2D eigenvalue weighted by Gasteiger charge is -2.35. The molecule has 1 N–H and O–H groups in total. The number of allylic oxidation sites excluding steroid dienone is 1. The molecule has 0 bridgehead atoms. The number of aliphatic carboxylic acids is 1. The first-order valence-corrected chi connectivity index (χ1v) is 13.5. The van der Waals surface area contributed by atoms with Gasteiger partial charge in [0.15, 0.2) is 0 Å². The normalized spacial score (nSPS) is 19.8. The highest BCUT2D eigenvalue weighted by atomic mass is 19.1. The van der Waals surface area contributed by atoms with Gasteiger partial charge in [0, 0.05) is 49.9 Å². The number of piperazine rings is 1. The van der Waals surface area contributed by atoms with Gasteiger partial charge in [-0.3, -0.25) is 19.6 Å². The Kier molecular flexibility index (Phi) is 9.78. The fourth-order valence-electron chi connectivity index (χ4n) is 4.84. The van der Waals surface area contributed by atoms with Crippen LogP contribution in [0.2, 0.25) is 0 Å². The van der Waals surface area contributed by atoms with E-state index < -0.39 is 5.97 Å². The molecule has 0 aliphatic carbocycles. The molecule has 2 atom stereocenters. The maximum atomic E-state index is 13.3. The van der Waals surface area contributed by atoms with Gasteiger partial charge in [0.25, 0.3) is 0 Å². The van der Waals surface area contributed by atoms with Gasteiger partial charge in [-0.25, -0.2) is 4.39 Å². The molecule has 2 heterocycles. The lowest BCUT2D eigenvalue weighted by molar-refractivity contribution is -0.137. The molecule has 8 heteroatoms. The topological polar surface area (TPSA) is 85.6 Å². The van der Waals surface area contributed by atoms with Crippen LogP contribution < -0.4 is 4.90 Å². The summed E-state index contributed by atoms with van der Waals surface area (Å²) >= 11 is 0. The number of amides is 1. The maximum absolute atomic E-state index is 13.3. The second-order valence-electron chi connectivity index (χ2n) is 9.68. The number of unbranched alkanes of at least 4 members (excludes halogenated alkanes) is 1. The minimum Gasteiger partial charge on any atom is -0.481 e. The number of aliphatic imine (C=N–C) groups is 2. The Morgan fingerprint density at radius 3 is 2.31 bits per heavy atom. The summed E-state index contributed by atoms with van der Waals surface area (Å²) in [7, 11) is 0. The number of carbonyl (C=O) groups excluding carboxylic acids is 1. The van der Waals surface area contributed by atoms with E-state index in [1.807, 2.05) is 60.4 Å². The molecule has 2 aromatic carbocycles. The van der Waals surface area contributed by atoms with Crippen molar-refractivity contribution in [2.24, 2.45) is 9.98 Å². The third-order valence-corrected chi connectivity index (χ3v) is 6.92. The van der Waals surface area contributed by atoms with Crippen LogP contribution in [0.3, 0.4) is 0 Å². The maximum Gasteiger partial charge on any atom is 0.303 e.